The Morgan fingerprint density at radius 3 is 2.31 bits per heavy atom. The number of hydrogen-bond acceptors (Lipinski definition) is 3. The first kappa shape index (κ1) is 13.9. The van der Waals surface area contributed by atoms with Crippen LogP contribution in [0.15, 0.2) is 0 Å². The lowest BCUT2D eigenvalue weighted by Crippen LogP contribution is -2.50. The van der Waals surface area contributed by atoms with Gasteiger partial charge >= 0.3 is 0 Å². The fraction of sp³-hybridized carbons (Fsp3) is 1.00. The Bertz CT molecular complexity index is 319. The minimum absolute atomic E-state index is 0.0245. The summed E-state index contributed by atoms with van der Waals surface area (Å²) in [5.74, 6) is 0.156. The minimum Gasteiger partial charge on any atom is -0.326 e. The zero-order valence-electron chi connectivity index (χ0n) is 10.5. The van der Waals surface area contributed by atoms with E-state index in [0.29, 0.717) is 0 Å². The molecule has 5 heteroatoms. The van der Waals surface area contributed by atoms with Crippen molar-refractivity contribution in [1.82, 2.24) is 4.72 Å². The third kappa shape index (κ3) is 4.80. The Morgan fingerprint density at radius 1 is 1.25 bits per heavy atom. The Balaban J connectivity index is 2.58. The summed E-state index contributed by atoms with van der Waals surface area (Å²) in [6.45, 7) is 5.77. The van der Waals surface area contributed by atoms with E-state index in [4.69, 9.17) is 5.73 Å². The van der Waals surface area contributed by atoms with Crippen LogP contribution in [0.4, 0.5) is 0 Å². The molecule has 0 bridgehead atoms. The third-order valence-corrected chi connectivity index (χ3v) is 4.68. The van der Waals surface area contributed by atoms with Crippen LogP contribution in [0.25, 0.3) is 0 Å². The Morgan fingerprint density at radius 2 is 1.81 bits per heavy atom. The molecule has 96 valence electrons. The molecule has 0 amide bonds. The molecule has 0 aromatic carbocycles. The van der Waals surface area contributed by atoms with E-state index in [1.54, 1.807) is 0 Å². The number of sulfonamides is 1. The molecule has 0 radical (unpaired) electrons. The second-order valence-electron chi connectivity index (χ2n) is 5.99. The quantitative estimate of drug-likeness (QED) is 0.789. The summed E-state index contributed by atoms with van der Waals surface area (Å²) in [7, 11) is -3.20. The van der Waals surface area contributed by atoms with E-state index in [1.165, 1.54) is 0 Å². The summed E-state index contributed by atoms with van der Waals surface area (Å²) in [6.07, 6.45) is 3.96. The second-order valence-corrected chi connectivity index (χ2v) is 7.75. The first-order chi connectivity index (χ1) is 7.20. The largest absolute Gasteiger partial charge is 0.326 e. The summed E-state index contributed by atoms with van der Waals surface area (Å²) in [4.78, 5) is 0. The van der Waals surface area contributed by atoms with Crippen molar-refractivity contribution in [2.75, 3.05) is 5.75 Å². The number of nitrogens with one attached hydrogen (secondary N) is 1. The number of rotatable bonds is 3. The summed E-state index contributed by atoms with van der Waals surface area (Å²) in [5.41, 5.74) is 5.71. The van der Waals surface area contributed by atoms with Crippen molar-refractivity contribution < 1.29 is 8.42 Å². The van der Waals surface area contributed by atoms with Crippen molar-refractivity contribution in [3.63, 3.8) is 0 Å². The number of hydrogen-bond donors (Lipinski definition) is 2. The predicted octanol–water partition coefficient (Wildman–Crippen LogP) is 1.22. The Kier molecular flexibility index (Phi) is 4.37. The molecule has 2 atom stereocenters. The van der Waals surface area contributed by atoms with Crippen LogP contribution in [-0.4, -0.2) is 26.3 Å². The zero-order valence-corrected chi connectivity index (χ0v) is 11.3. The maximum atomic E-state index is 11.9. The lowest BCUT2D eigenvalue weighted by molar-refractivity contribution is 0.358. The summed E-state index contributed by atoms with van der Waals surface area (Å²) < 4.78 is 26.5. The second kappa shape index (κ2) is 5.02. The molecule has 0 aliphatic heterocycles. The van der Waals surface area contributed by atoms with E-state index in [2.05, 4.69) is 4.72 Å². The summed E-state index contributed by atoms with van der Waals surface area (Å²) in [6, 6.07) is -0.0930. The standard InChI is InChI=1S/C11H24N2O2S/c1-11(2,3)8-16(14,15)13-10-7-5-4-6-9(10)12/h9-10,13H,4-8,12H2,1-3H3/t9-,10-/m1/s1. The lowest BCUT2D eigenvalue weighted by Gasteiger charge is -2.30. The zero-order chi connectivity index (χ0) is 12.4. The first-order valence-corrected chi connectivity index (χ1v) is 7.60. The van der Waals surface area contributed by atoms with Crippen molar-refractivity contribution in [3.05, 3.63) is 0 Å². The molecule has 0 saturated heterocycles. The maximum absolute atomic E-state index is 11.9. The van der Waals surface area contributed by atoms with Gasteiger partial charge in [0.2, 0.25) is 10.0 Å². The average Bonchev–Trinajstić information content (AvgIpc) is 2.04. The van der Waals surface area contributed by atoms with Crippen LogP contribution in [0.3, 0.4) is 0 Å². The molecule has 0 aromatic heterocycles. The van der Waals surface area contributed by atoms with E-state index in [9.17, 15) is 8.42 Å². The molecule has 0 spiro atoms. The van der Waals surface area contributed by atoms with E-state index in [-0.39, 0.29) is 23.3 Å². The molecule has 1 rings (SSSR count). The summed E-state index contributed by atoms with van der Waals surface area (Å²) in [5, 5.41) is 0. The number of nitrogens with two attached hydrogens (primary N) is 1. The molecule has 3 N–H and O–H groups in total. The molecule has 0 heterocycles. The fourth-order valence-corrected chi connectivity index (χ4v) is 4.13. The molecule has 0 aromatic rings. The van der Waals surface area contributed by atoms with Gasteiger partial charge in [0.05, 0.1) is 5.75 Å². The molecule has 16 heavy (non-hydrogen) atoms. The predicted molar refractivity (Wildman–Crippen MR) is 66.6 cm³/mol. The molecule has 0 unspecified atom stereocenters. The molecule has 1 aliphatic rings. The van der Waals surface area contributed by atoms with Crippen LogP contribution in [-0.2, 0) is 10.0 Å². The van der Waals surface area contributed by atoms with Gasteiger partial charge in [-0.25, -0.2) is 13.1 Å². The Hall–Kier alpha value is -0.130. The molecule has 1 aliphatic carbocycles. The smallest absolute Gasteiger partial charge is 0.212 e. The van der Waals surface area contributed by atoms with Gasteiger partial charge in [-0.2, -0.15) is 0 Å². The monoisotopic (exact) mass is 248 g/mol. The molecular weight excluding hydrogens is 224 g/mol. The SMILES string of the molecule is CC(C)(C)CS(=O)(=O)N[C@@H]1CCCC[C@H]1N. The van der Waals surface area contributed by atoms with Crippen molar-refractivity contribution >= 4 is 10.0 Å². The maximum Gasteiger partial charge on any atom is 0.212 e. The molecular formula is C11H24N2O2S. The van der Waals surface area contributed by atoms with Gasteiger partial charge in [-0.3, -0.25) is 0 Å². The van der Waals surface area contributed by atoms with Crippen molar-refractivity contribution in [1.29, 1.82) is 0 Å². The molecule has 4 nitrogen and oxygen atoms in total. The summed E-state index contributed by atoms with van der Waals surface area (Å²) >= 11 is 0. The van der Waals surface area contributed by atoms with Gasteiger partial charge in [0.15, 0.2) is 0 Å². The van der Waals surface area contributed by atoms with Crippen LogP contribution in [0.2, 0.25) is 0 Å². The van der Waals surface area contributed by atoms with E-state index in [1.807, 2.05) is 20.8 Å². The van der Waals surface area contributed by atoms with E-state index in [0.717, 1.165) is 25.7 Å². The van der Waals surface area contributed by atoms with Gasteiger partial charge in [0.1, 0.15) is 0 Å². The van der Waals surface area contributed by atoms with Crippen LogP contribution < -0.4 is 10.5 Å². The van der Waals surface area contributed by atoms with E-state index < -0.39 is 10.0 Å². The van der Waals surface area contributed by atoms with Gasteiger partial charge in [0, 0.05) is 12.1 Å². The minimum atomic E-state index is -3.20. The highest BCUT2D eigenvalue weighted by Gasteiger charge is 2.28. The highest BCUT2D eigenvalue weighted by Crippen LogP contribution is 2.20. The van der Waals surface area contributed by atoms with Gasteiger partial charge in [-0.1, -0.05) is 33.6 Å². The lowest BCUT2D eigenvalue weighted by atomic mass is 9.92. The third-order valence-electron chi connectivity index (χ3n) is 2.77. The highest BCUT2D eigenvalue weighted by molar-refractivity contribution is 7.89. The van der Waals surface area contributed by atoms with Gasteiger partial charge < -0.3 is 5.73 Å². The Labute approximate surface area is 99.0 Å². The molecule has 1 saturated carbocycles. The fourth-order valence-electron chi connectivity index (χ4n) is 2.15. The van der Waals surface area contributed by atoms with Crippen LogP contribution in [0.5, 0.6) is 0 Å². The van der Waals surface area contributed by atoms with Crippen molar-refractivity contribution in [3.8, 4) is 0 Å². The van der Waals surface area contributed by atoms with Crippen molar-refractivity contribution in [2.24, 2.45) is 11.1 Å². The highest BCUT2D eigenvalue weighted by atomic mass is 32.2. The topological polar surface area (TPSA) is 72.2 Å². The van der Waals surface area contributed by atoms with Gasteiger partial charge in [0.25, 0.3) is 0 Å². The van der Waals surface area contributed by atoms with Gasteiger partial charge in [-0.05, 0) is 18.3 Å². The van der Waals surface area contributed by atoms with Crippen molar-refractivity contribution in [2.45, 2.75) is 58.5 Å². The van der Waals surface area contributed by atoms with Crippen LogP contribution >= 0.6 is 0 Å². The van der Waals surface area contributed by atoms with E-state index >= 15 is 0 Å². The first-order valence-electron chi connectivity index (χ1n) is 5.95. The molecule has 1 fully saturated rings. The normalized spacial score (nSPS) is 28.0. The average molecular weight is 248 g/mol. The van der Waals surface area contributed by atoms with Crippen LogP contribution in [0, 0.1) is 5.41 Å². The van der Waals surface area contributed by atoms with Crippen LogP contribution in [0.1, 0.15) is 46.5 Å². The van der Waals surface area contributed by atoms with Gasteiger partial charge in [-0.15, -0.1) is 0 Å².